The van der Waals surface area contributed by atoms with Crippen LogP contribution in [0.5, 0.6) is 11.5 Å². The molecule has 1 aromatic rings. The van der Waals surface area contributed by atoms with Crippen LogP contribution in [0, 0.1) is 16.0 Å². The average molecular weight is 252 g/mol. The molecule has 18 heavy (non-hydrogen) atoms. The molecule has 1 atom stereocenters. The van der Waals surface area contributed by atoms with Gasteiger partial charge >= 0.3 is 0 Å². The summed E-state index contributed by atoms with van der Waals surface area (Å²) in [5.74, 6) is 1.29. The Hall–Kier alpha value is -1.82. The zero-order valence-corrected chi connectivity index (χ0v) is 10.4. The van der Waals surface area contributed by atoms with Crippen molar-refractivity contribution in [3.8, 4) is 11.5 Å². The van der Waals surface area contributed by atoms with E-state index in [9.17, 15) is 10.1 Å². The first kappa shape index (κ1) is 12.6. The largest absolute Gasteiger partial charge is 0.454 e. The molecule has 1 aliphatic rings. The second kappa shape index (κ2) is 4.81. The van der Waals surface area contributed by atoms with E-state index in [0.717, 1.165) is 0 Å². The van der Waals surface area contributed by atoms with Crippen molar-refractivity contribution in [2.75, 3.05) is 6.79 Å². The number of ether oxygens (including phenoxy) is 2. The lowest BCUT2D eigenvalue weighted by molar-refractivity contribution is -0.385. The molecule has 0 aromatic heterocycles. The van der Waals surface area contributed by atoms with Crippen molar-refractivity contribution in [2.24, 2.45) is 11.7 Å². The topological polar surface area (TPSA) is 87.6 Å². The minimum absolute atomic E-state index is 0.00704. The maximum Gasteiger partial charge on any atom is 0.278 e. The Labute approximate surface area is 105 Å². The summed E-state index contributed by atoms with van der Waals surface area (Å²) in [6, 6.07) is 2.63. The van der Waals surface area contributed by atoms with Crippen LogP contribution in [-0.4, -0.2) is 11.7 Å². The van der Waals surface area contributed by atoms with Crippen LogP contribution in [0.4, 0.5) is 5.69 Å². The first-order valence-electron chi connectivity index (χ1n) is 5.82. The van der Waals surface area contributed by atoms with Gasteiger partial charge in [0.15, 0.2) is 11.5 Å². The lowest BCUT2D eigenvalue weighted by Gasteiger charge is -2.15. The van der Waals surface area contributed by atoms with Crippen molar-refractivity contribution in [1.82, 2.24) is 0 Å². The van der Waals surface area contributed by atoms with Crippen LogP contribution in [0.3, 0.4) is 0 Å². The Bertz CT molecular complexity index is 473. The Kier molecular flexibility index (Phi) is 3.38. The number of nitro benzene ring substituents is 1. The second-order valence-electron chi connectivity index (χ2n) is 4.76. The van der Waals surface area contributed by atoms with Crippen molar-refractivity contribution < 1.29 is 14.4 Å². The molecule has 0 radical (unpaired) electrons. The number of nitrogens with two attached hydrogens (primary N) is 1. The van der Waals surface area contributed by atoms with E-state index in [2.05, 4.69) is 0 Å². The molecule has 1 aromatic carbocycles. The van der Waals surface area contributed by atoms with E-state index in [1.165, 1.54) is 6.07 Å². The van der Waals surface area contributed by atoms with Crippen molar-refractivity contribution in [2.45, 2.75) is 26.3 Å². The highest BCUT2D eigenvalue weighted by Crippen LogP contribution is 2.40. The number of fused-ring (bicyclic) bond motifs is 1. The second-order valence-corrected chi connectivity index (χ2v) is 4.76. The predicted molar refractivity (Wildman–Crippen MR) is 65.6 cm³/mol. The van der Waals surface area contributed by atoms with E-state index < -0.39 is 4.92 Å². The zero-order valence-electron chi connectivity index (χ0n) is 10.4. The van der Waals surface area contributed by atoms with Crippen molar-refractivity contribution in [1.29, 1.82) is 0 Å². The highest BCUT2D eigenvalue weighted by molar-refractivity contribution is 5.56. The third-order valence-corrected chi connectivity index (χ3v) is 2.84. The van der Waals surface area contributed by atoms with Gasteiger partial charge in [0.25, 0.3) is 5.69 Å². The van der Waals surface area contributed by atoms with Gasteiger partial charge in [0.2, 0.25) is 6.79 Å². The molecule has 0 fully saturated rings. The van der Waals surface area contributed by atoms with Crippen LogP contribution >= 0.6 is 0 Å². The average Bonchev–Trinajstić information content (AvgIpc) is 2.72. The smallest absolute Gasteiger partial charge is 0.278 e. The Morgan fingerprint density at radius 3 is 2.56 bits per heavy atom. The summed E-state index contributed by atoms with van der Waals surface area (Å²) in [6.07, 6.45) is 0.681. The maximum atomic E-state index is 11.1. The van der Waals surface area contributed by atoms with E-state index in [1.807, 2.05) is 13.8 Å². The van der Waals surface area contributed by atoms with E-state index in [1.54, 1.807) is 6.07 Å². The van der Waals surface area contributed by atoms with Crippen molar-refractivity contribution in [3.05, 3.63) is 27.8 Å². The van der Waals surface area contributed by atoms with Crippen LogP contribution in [0.25, 0.3) is 0 Å². The molecule has 0 saturated heterocycles. The quantitative estimate of drug-likeness (QED) is 0.656. The van der Waals surface area contributed by atoms with E-state index in [-0.39, 0.29) is 18.5 Å². The van der Waals surface area contributed by atoms with Crippen LogP contribution in [0.15, 0.2) is 12.1 Å². The summed E-state index contributed by atoms with van der Waals surface area (Å²) in [6.45, 7) is 4.15. The number of nitrogens with zero attached hydrogens (tertiary/aromatic N) is 1. The fraction of sp³-hybridized carbons (Fsp3) is 0.500. The van der Waals surface area contributed by atoms with Gasteiger partial charge in [0, 0.05) is 6.04 Å². The van der Waals surface area contributed by atoms with Gasteiger partial charge in [0.05, 0.1) is 16.6 Å². The molecule has 0 amide bonds. The van der Waals surface area contributed by atoms with Crippen LogP contribution in [0.1, 0.15) is 31.9 Å². The molecular weight excluding hydrogens is 236 g/mol. The Balaban J connectivity index is 2.41. The lowest BCUT2D eigenvalue weighted by atomic mass is 9.96. The van der Waals surface area contributed by atoms with Gasteiger partial charge in [-0.25, -0.2) is 0 Å². The standard InChI is InChI=1S/C12H16N2O4/c1-7(2)3-9(13)8-4-11-12(18-6-17-11)5-10(8)14(15)16/h4-5,7,9H,3,6,13H2,1-2H3/t9-/m1/s1. The molecule has 2 rings (SSSR count). The van der Waals surface area contributed by atoms with Crippen molar-refractivity contribution in [3.63, 3.8) is 0 Å². The predicted octanol–water partition coefficient (Wildman–Crippen LogP) is 2.37. The van der Waals surface area contributed by atoms with Crippen LogP contribution < -0.4 is 15.2 Å². The van der Waals surface area contributed by atoms with Crippen LogP contribution in [0.2, 0.25) is 0 Å². The molecule has 98 valence electrons. The normalized spacial score (nSPS) is 14.9. The first-order valence-corrected chi connectivity index (χ1v) is 5.82. The fourth-order valence-corrected chi connectivity index (χ4v) is 2.04. The van der Waals surface area contributed by atoms with E-state index >= 15 is 0 Å². The third kappa shape index (κ3) is 2.38. The molecule has 0 aliphatic carbocycles. The van der Waals surface area contributed by atoms with Gasteiger partial charge in [0.1, 0.15) is 0 Å². The Morgan fingerprint density at radius 1 is 1.39 bits per heavy atom. The molecule has 1 aliphatic heterocycles. The van der Waals surface area contributed by atoms with Gasteiger partial charge < -0.3 is 15.2 Å². The van der Waals surface area contributed by atoms with Gasteiger partial charge in [-0.15, -0.1) is 0 Å². The SMILES string of the molecule is CC(C)C[C@@H](N)c1cc2c(cc1[N+](=O)[O-])OCO2. The fourth-order valence-electron chi connectivity index (χ4n) is 2.04. The molecule has 1 heterocycles. The monoisotopic (exact) mass is 252 g/mol. The summed E-state index contributed by atoms with van der Waals surface area (Å²) in [5, 5.41) is 11.1. The third-order valence-electron chi connectivity index (χ3n) is 2.84. The molecule has 0 saturated carbocycles. The van der Waals surface area contributed by atoms with Gasteiger partial charge in [-0.2, -0.15) is 0 Å². The molecule has 6 heteroatoms. The number of rotatable bonds is 4. The highest BCUT2D eigenvalue weighted by Gasteiger charge is 2.26. The van der Waals surface area contributed by atoms with Gasteiger partial charge in [-0.3, -0.25) is 10.1 Å². The summed E-state index contributed by atoms with van der Waals surface area (Å²) in [4.78, 5) is 10.6. The van der Waals surface area contributed by atoms with E-state index in [4.69, 9.17) is 15.2 Å². The molecule has 0 spiro atoms. The molecule has 6 nitrogen and oxygen atoms in total. The van der Waals surface area contributed by atoms with Crippen LogP contribution in [-0.2, 0) is 0 Å². The molecule has 2 N–H and O–H groups in total. The van der Waals surface area contributed by atoms with Gasteiger partial charge in [-0.05, 0) is 18.4 Å². The zero-order chi connectivity index (χ0) is 13.3. The highest BCUT2D eigenvalue weighted by atomic mass is 16.7. The summed E-state index contributed by atoms with van der Waals surface area (Å²) in [5.41, 5.74) is 6.52. The number of benzene rings is 1. The first-order chi connectivity index (χ1) is 8.49. The number of hydrogen-bond acceptors (Lipinski definition) is 5. The minimum atomic E-state index is -0.433. The lowest BCUT2D eigenvalue weighted by Crippen LogP contribution is -2.14. The maximum absolute atomic E-state index is 11.1. The summed E-state index contributed by atoms with van der Waals surface area (Å²) >= 11 is 0. The summed E-state index contributed by atoms with van der Waals surface area (Å²) < 4.78 is 10.4. The number of nitro groups is 1. The minimum Gasteiger partial charge on any atom is -0.454 e. The molecule has 0 bridgehead atoms. The summed E-state index contributed by atoms with van der Waals surface area (Å²) in [7, 11) is 0. The van der Waals surface area contributed by atoms with Gasteiger partial charge in [-0.1, -0.05) is 13.8 Å². The molecular formula is C12H16N2O4. The molecule has 0 unspecified atom stereocenters. The number of hydrogen-bond donors (Lipinski definition) is 1. The van der Waals surface area contributed by atoms with Crippen molar-refractivity contribution >= 4 is 5.69 Å². The Morgan fingerprint density at radius 2 is 2.00 bits per heavy atom. The van der Waals surface area contributed by atoms with E-state index in [0.29, 0.717) is 29.4 Å².